The largest absolute Gasteiger partial charge is 0.469 e. The summed E-state index contributed by atoms with van der Waals surface area (Å²) in [6.45, 7) is 1.86. The summed E-state index contributed by atoms with van der Waals surface area (Å²) in [6.07, 6.45) is -1.16. The van der Waals surface area contributed by atoms with Crippen LogP contribution in [0.4, 0.5) is 0 Å². The van der Waals surface area contributed by atoms with Crippen molar-refractivity contribution in [3.05, 3.63) is 35.4 Å². The minimum absolute atomic E-state index is 0.463. The fourth-order valence-electron chi connectivity index (χ4n) is 3.38. The molecule has 1 aromatic carbocycles. The predicted molar refractivity (Wildman–Crippen MR) is 92.8 cm³/mol. The summed E-state index contributed by atoms with van der Waals surface area (Å²) >= 11 is 0. The molecule has 0 aromatic heterocycles. The van der Waals surface area contributed by atoms with E-state index in [4.69, 9.17) is 23.7 Å². The topological polar surface area (TPSA) is 114 Å². The van der Waals surface area contributed by atoms with Crippen LogP contribution in [0.1, 0.15) is 17.2 Å². The van der Waals surface area contributed by atoms with Gasteiger partial charge in [-0.1, -0.05) is 29.8 Å². The quantitative estimate of drug-likeness (QED) is 0.405. The molecule has 9 heteroatoms. The standard InChI is InChI=1S/C19H22O9/c1-10-6-8-11(9-7-10)14-12(15(20)24-2)13(16(21)25-3)19(28-14,17(22)26-4)18(23)27-5/h6-9,12-14H,1-5H3/t12-,13-,14-/m0/s1. The van der Waals surface area contributed by atoms with Gasteiger partial charge < -0.3 is 23.7 Å². The molecule has 1 aromatic rings. The first kappa shape index (κ1) is 21.4. The number of methoxy groups -OCH3 is 4. The average Bonchev–Trinajstić information content (AvgIpc) is 3.09. The first-order valence-electron chi connectivity index (χ1n) is 8.35. The molecule has 0 saturated carbocycles. The molecule has 2 rings (SSSR count). The summed E-state index contributed by atoms with van der Waals surface area (Å²) in [7, 11) is 4.24. The number of rotatable bonds is 5. The monoisotopic (exact) mass is 394 g/mol. The minimum Gasteiger partial charge on any atom is -0.469 e. The molecular formula is C19H22O9. The number of carbonyl (C=O) groups is 4. The van der Waals surface area contributed by atoms with Crippen LogP contribution < -0.4 is 0 Å². The van der Waals surface area contributed by atoms with E-state index < -0.39 is 47.4 Å². The maximum Gasteiger partial charge on any atom is 0.351 e. The lowest BCUT2D eigenvalue weighted by atomic mass is 9.77. The van der Waals surface area contributed by atoms with Crippen LogP contribution in [0.3, 0.4) is 0 Å². The van der Waals surface area contributed by atoms with E-state index in [9.17, 15) is 19.2 Å². The summed E-state index contributed by atoms with van der Waals surface area (Å²) < 4.78 is 24.8. The highest BCUT2D eigenvalue weighted by Crippen LogP contribution is 2.50. The minimum atomic E-state index is -2.52. The summed E-state index contributed by atoms with van der Waals surface area (Å²) in [5, 5.41) is 0. The van der Waals surface area contributed by atoms with Crippen molar-refractivity contribution in [3.8, 4) is 0 Å². The maximum absolute atomic E-state index is 12.6. The molecule has 9 nitrogen and oxygen atoms in total. The van der Waals surface area contributed by atoms with E-state index in [0.717, 1.165) is 34.0 Å². The van der Waals surface area contributed by atoms with Gasteiger partial charge in [-0.05, 0) is 12.5 Å². The van der Waals surface area contributed by atoms with Crippen LogP contribution in [-0.4, -0.2) is 57.9 Å². The fraction of sp³-hybridized carbons (Fsp3) is 0.474. The van der Waals surface area contributed by atoms with Gasteiger partial charge in [0.05, 0.1) is 34.5 Å². The lowest BCUT2D eigenvalue weighted by molar-refractivity contribution is -0.194. The van der Waals surface area contributed by atoms with Crippen molar-refractivity contribution in [2.24, 2.45) is 11.8 Å². The molecule has 28 heavy (non-hydrogen) atoms. The molecule has 1 aliphatic heterocycles. The number of ether oxygens (including phenoxy) is 5. The Balaban J connectivity index is 2.75. The van der Waals surface area contributed by atoms with Gasteiger partial charge >= 0.3 is 23.9 Å². The van der Waals surface area contributed by atoms with E-state index in [0.29, 0.717) is 5.56 Å². The van der Waals surface area contributed by atoms with Crippen LogP contribution in [0.15, 0.2) is 24.3 Å². The summed E-state index contributed by atoms with van der Waals surface area (Å²) in [5.41, 5.74) is -1.12. The van der Waals surface area contributed by atoms with Gasteiger partial charge in [-0.2, -0.15) is 0 Å². The molecule has 1 aliphatic rings. The van der Waals surface area contributed by atoms with Gasteiger partial charge in [0.15, 0.2) is 0 Å². The maximum atomic E-state index is 12.6. The Labute approximate surface area is 161 Å². The second-order valence-electron chi connectivity index (χ2n) is 6.22. The average molecular weight is 394 g/mol. The molecule has 152 valence electrons. The summed E-state index contributed by atoms with van der Waals surface area (Å²) in [6, 6.07) is 6.84. The molecule has 1 fully saturated rings. The van der Waals surface area contributed by atoms with Crippen molar-refractivity contribution in [1.29, 1.82) is 0 Å². The molecule has 1 saturated heterocycles. The van der Waals surface area contributed by atoms with E-state index in [1.807, 2.05) is 6.92 Å². The van der Waals surface area contributed by atoms with Crippen LogP contribution in [0.5, 0.6) is 0 Å². The van der Waals surface area contributed by atoms with Crippen LogP contribution in [-0.2, 0) is 42.9 Å². The first-order chi connectivity index (χ1) is 13.3. The van der Waals surface area contributed by atoms with Gasteiger partial charge in [0, 0.05) is 0 Å². The molecule has 0 spiro atoms. The van der Waals surface area contributed by atoms with Gasteiger partial charge in [0.1, 0.15) is 11.8 Å². The summed E-state index contributed by atoms with van der Waals surface area (Å²) in [4.78, 5) is 50.5. The molecule has 3 atom stereocenters. The van der Waals surface area contributed by atoms with Gasteiger partial charge in [0.25, 0.3) is 5.60 Å². The Morgan fingerprint density at radius 2 is 1.32 bits per heavy atom. The number of hydrogen-bond donors (Lipinski definition) is 0. The lowest BCUT2D eigenvalue weighted by Crippen LogP contribution is -2.56. The third-order valence-electron chi connectivity index (χ3n) is 4.75. The smallest absolute Gasteiger partial charge is 0.351 e. The molecule has 0 bridgehead atoms. The van der Waals surface area contributed by atoms with Crippen LogP contribution in [0, 0.1) is 18.8 Å². The van der Waals surface area contributed by atoms with Gasteiger partial charge in [-0.3, -0.25) is 9.59 Å². The first-order valence-corrected chi connectivity index (χ1v) is 8.35. The number of carbonyl (C=O) groups excluding carboxylic acids is 4. The fourth-order valence-corrected chi connectivity index (χ4v) is 3.38. The van der Waals surface area contributed by atoms with Crippen LogP contribution in [0.25, 0.3) is 0 Å². The highest BCUT2D eigenvalue weighted by molar-refractivity contribution is 6.09. The lowest BCUT2D eigenvalue weighted by Gasteiger charge is -2.27. The number of benzene rings is 1. The molecule has 0 aliphatic carbocycles. The number of hydrogen-bond acceptors (Lipinski definition) is 9. The van der Waals surface area contributed by atoms with E-state index in [2.05, 4.69) is 0 Å². The zero-order valence-corrected chi connectivity index (χ0v) is 16.2. The molecule has 0 N–H and O–H groups in total. The Morgan fingerprint density at radius 1 is 0.821 bits per heavy atom. The van der Waals surface area contributed by atoms with Crippen molar-refractivity contribution < 1.29 is 42.9 Å². The highest BCUT2D eigenvalue weighted by atomic mass is 16.6. The van der Waals surface area contributed by atoms with Crippen LogP contribution >= 0.6 is 0 Å². The number of aryl methyl sites for hydroxylation is 1. The summed E-state index contributed by atoms with van der Waals surface area (Å²) in [5.74, 6) is -7.25. The SMILES string of the molecule is COC(=O)[C@H]1[C@@H](C(=O)OC)C(C(=O)OC)(C(=O)OC)O[C@H]1c1ccc(C)cc1. The molecule has 0 radical (unpaired) electrons. The van der Waals surface area contributed by atoms with E-state index >= 15 is 0 Å². The third-order valence-corrected chi connectivity index (χ3v) is 4.75. The van der Waals surface area contributed by atoms with E-state index in [1.165, 1.54) is 0 Å². The molecule has 1 heterocycles. The third kappa shape index (κ3) is 3.33. The van der Waals surface area contributed by atoms with Gasteiger partial charge in [-0.15, -0.1) is 0 Å². The second kappa shape index (κ2) is 8.39. The highest BCUT2D eigenvalue weighted by Gasteiger charge is 2.71. The van der Waals surface area contributed by atoms with E-state index in [-0.39, 0.29) is 0 Å². The van der Waals surface area contributed by atoms with Crippen molar-refractivity contribution in [1.82, 2.24) is 0 Å². The predicted octanol–water partition coefficient (Wildman–Crippen LogP) is 0.730. The zero-order valence-electron chi connectivity index (χ0n) is 16.2. The zero-order chi connectivity index (χ0) is 21.1. The normalized spacial score (nSPS) is 22.8. The van der Waals surface area contributed by atoms with E-state index in [1.54, 1.807) is 24.3 Å². The second-order valence-corrected chi connectivity index (χ2v) is 6.22. The van der Waals surface area contributed by atoms with Gasteiger partial charge in [-0.25, -0.2) is 9.59 Å². The Morgan fingerprint density at radius 3 is 1.75 bits per heavy atom. The molecule has 0 amide bonds. The Hall–Kier alpha value is -2.94. The number of esters is 4. The van der Waals surface area contributed by atoms with Gasteiger partial charge in [0.2, 0.25) is 0 Å². The molecule has 0 unspecified atom stereocenters. The molecular weight excluding hydrogens is 372 g/mol. The van der Waals surface area contributed by atoms with Crippen LogP contribution in [0.2, 0.25) is 0 Å². The van der Waals surface area contributed by atoms with Crippen molar-refractivity contribution in [2.45, 2.75) is 18.6 Å². The Kier molecular flexibility index (Phi) is 6.40. The van der Waals surface area contributed by atoms with Crippen molar-refractivity contribution in [2.75, 3.05) is 28.4 Å². The Bertz CT molecular complexity index is 752. The van der Waals surface area contributed by atoms with Crippen molar-refractivity contribution in [3.63, 3.8) is 0 Å². The van der Waals surface area contributed by atoms with Crippen molar-refractivity contribution >= 4 is 23.9 Å².